The van der Waals surface area contributed by atoms with Gasteiger partial charge in [0.05, 0.1) is 15.6 Å². The molecule has 5 saturated carbocycles. The molecule has 5 aliphatic rings. The van der Waals surface area contributed by atoms with Crippen molar-refractivity contribution in [1.29, 1.82) is 0 Å². The molecule has 0 unspecified atom stereocenters. The SMILES string of the molecule is O=[N+]([O-])C1([N+](=O)[O-])[C@@H]2C[C@@H]3C(=NO)[C@@H]4C[C@@H]1[C@H]1[C@H]2[C@H]3[C@@H]14. The molecule has 0 aromatic rings. The van der Waals surface area contributed by atoms with Crippen LogP contribution in [0.3, 0.4) is 0 Å². The molecule has 0 aromatic carbocycles. The summed E-state index contributed by atoms with van der Waals surface area (Å²) in [4.78, 5) is 22.0. The van der Waals surface area contributed by atoms with Gasteiger partial charge in [0.25, 0.3) is 0 Å². The summed E-state index contributed by atoms with van der Waals surface area (Å²) in [6.45, 7) is 0. The number of rotatable bonds is 2. The van der Waals surface area contributed by atoms with Crippen LogP contribution in [0.4, 0.5) is 0 Å². The lowest BCUT2D eigenvalue weighted by Gasteiger charge is -2.42. The highest BCUT2D eigenvalue weighted by atomic mass is 16.7. The minimum Gasteiger partial charge on any atom is -0.411 e. The third-order valence-corrected chi connectivity index (χ3v) is 7.20. The molecule has 8 nitrogen and oxygen atoms in total. The van der Waals surface area contributed by atoms with Crippen molar-refractivity contribution in [3.05, 3.63) is 20.2 Å². The molecule has 5 aliphatic carbocycles. The van der Waals surface area contributed by atoms with Gasteiger partial charge in [-0.3, -0.25) is 20.2 Å². The third-order valence-electron chi connectivity index (χ3n) is 7.20. The van der Waals surface area contributed by atoms with E-state index in [-0.39, 0.29) is 23.7 Å². The van der Waals surface area contributed by atoms with E-state index in [9.17, 15) is 25.4 Å². The van der Waals surface area contributed by atoms with Gasteiger partial charge in [0.2, 0.25) is 0 Å². The van der Waals surface area contributed by atoms with E-state index < -0.39 is 27.3 Å². The number of nitro groups is 2. The van der Waals surface area contributed by atoms with Crippen molar-refractivity contribution in [1.82, 2.24) is 0 Å². The fourth-order valence-electron chi connectivity index (χ4n) is 7.06. The van der Waals surface area contributed by atoms with Crippen molar-refractivity contribution in [3.63, 3.8) is 0 Å². The maximum absolute atomic E-state index is 11.6. The van der Waals surface area contributed by atoms with Crippen LogP contribution >= 0.6 is 0 Å². The summed E-state index contributed by atoms with van der Waals surface area (Å²) in [6, 6.07) is 0. The summed E-state index contributed by atoms with van der Waals surface area (Å²) in [6.07, 6.45) is 0.910. The van der Waals surface area contributed by atoms with Gasteiger partial charge in [-0.15, -0.1) is 0 Å². The molecule has 8 atom stereocenters. The molecular formula is C12H13N3O5. The zero-order valence-corrected chi connectivity index (χ0v) is 10.5. The Kier molecular flexibility index (Phi) is 1.55. The fourth-order valence-corrected chi connectivity index (χ4v) is 7.06. The monoisotopic (exact) mass is 279 g/mol. The van der Waals surface area contributed by atoms with E-state index in [1.807, 2.05) is 0 Å². The Balaban J connectivity index is 1.75. The van der Waals surface area contributed by atoms with Crippen LogP contribution in [0.25, 0.3) is 0 Å². The molecule has 1 N–H and O–H groups in total. The topological polar surface area (TPSA) is 119 Å². The van der Waals surface area contributed by atoms with Gasteiger partial charge in [-0.1, -0.05) is 5.16 Å². The van der Waals surface area contributed by atoms with Crippen LogP contribution in [0.2, 0.25) is 0 Å². The smallest absolute Gasteiger partial charge is 0.411 e. The van der Waals surface area contributed by atoms with Crippen LogP contribution in [0.1, 0.15) is 12.8 Å². The third kappa shape index (κ3) is 0.726. The number of hydrogen-bond donors (Lipinski definition) is 1. The lowest BCUT2D eigenvalue weighted by molar-refractivity contribution is -0.813. The predicted molar refractivity (Wildman–Crippen MR) is 63.1 cm³/mol. The Hall–Kier alpha value is -1.73. The Morgan fingerprint density at radius 1 is 1.00 bits per heavy atom. The van der Waals surface area contributed by atoms with E-state index in [4.69, 9.17) is 0 Å². The largest absolute Gasteiger partial charge is 0.464 e. The minimum atomic E-state index is -1.98. The highest BCUT2D eigenvalue weighted by Crippen LogP contribution is 2.81. The van der Waals surface area contributed by atoms with E-state index in [1.165, 1.54) is 0 Å². The highest BCUT2D eigenvalue weighted by molar-refractivity contribution is 5.93. The Morgan fingerprint density at radius 3 is 1.80 bits per heavy atom. The molecule has 0 amide bonds. The maximum Gasteiger partial charge on any atom is 0.464 e. The average Bonchev–Trinajstić information content (AvgIpc) is 2.88. The average molecular weight is 279 g/mol. The first-order valence-corrected chi connectivity index (χ1v) is 7.06. The van der Waals surface area contributed by atoms with Crippen molar-refractivity contribution < 1.29 is 15.1 Å². The zero-order valence-electron chi connectivity index (χ0n) is 10.5. The summed E-state index contributed by atoms with van der Waals surface area (Å²) < 4.78 is 0. The van der Waals surface area contributed by atoms with Gasteiger partial charge in [0.15, 0.2) is 0 Å². The van der Waals surface area contributed by atoms with Crippen molar-refractivity contribution in [2.24, 2.45) is 52.5 Å². The lowest BCUT2D eigenvalue weighted by atomic mass is 9.60. The van der Waals surface area contributed by atoms with Gasteiger partial charge in [0.1, 0.15) is 11.8 Å². The molecule has 0 radical (unpaired) electrons. The molecule has 0 spiro atoms. The van der Waals surface area contributed by atoms with E-state index in [0.29, 0.717) is 24.7 Å². The molecule has 0 heterocycles. The summed E-state index contributed by atoms with van der Waals surface area (Å²) in [5, 5.41) is 35.9. The molecule has 20 heavy (non-hydrogen) atoms. The standard InChI is InChI=1S/C12H13N3O5/c16-13-11-3-1-5-9-7(3)8-4(11)2-6(10(8)9)12(5,14(17)18)15(19)20/h3-10,16H,1-2H2/t3-,4+,5-,6-,7+,8-,9-,10-/m1/s1. The minimum absolute atomic E-state index is 0.0433. The fraction of sp³-hybridized carbons (Fsp3) is 0.917. The first-order chi connectivity index (χ1) is 9.55. The van der Waals surface area contributed by atoms with Crippen molar-refractivity contribution in [3.8, 4) is 0 Å². The van der Waals surface area contributed by atoms with Crippen LogP contribution in [0.15, 0.2) is 5.16 Å². The Morgan fingerprint density at radius 2 is 1.45 bits per heavy atom. The first-order valence-electron chi connectivity index (χ1n) is 7.06. The molecule has 5 rings (SSSR count). The Bertz CT molecular complexity index is 556. The van der Waals surface area contributed by atoms with Crippen molar-refractivity contribution in [2.75, 3.05) is 0 Å². The number of nitrogens with zero attached hydrogens (tertiary/aromatic N) is 3. The molecule has 0 aromatic heterocycles. The van der Waals surface area contributed by atoms with Crippen LogP contribution < -0.4 is 0 Å². The first kappa shape index (κ1) is 11.0. The van der Waals surface area contributed by atoms with Crippen molar-refractivity contribution in [2.45, 2.75) is 18.5 Å². The summed E-state index contributed by atoms with van der Waals surface area (Å²) in [5.74, 6) is -0.0625. The molecule has 5 fully saturated rings. The number of hydrogen-bond acceptors (Lipinski definition) is 6. The van der Waals surface area contributed by atoms with Gasteiger partial charge in [-0.2, -0.15) is 0 Å². The van der Waals surface area contributed by atoms with Crippen molar-refractivity contribution >= 4 is 5.71 Å². The summed E-state index contributed by atoms with van der Waals surface area (Å²) in [5.41, 5.74) is -1.20. The summed E-state index contributed by atoms with van der Waals surface area (Å²) in [7, 11) is 0. The second-order valence-electron chi connectivity index (χ2n) is 7.03. The van der Waals surface area contributed by atoms with Gasteiger partial charge in [-0.25, -0.2) is 0 Å². The maximum atomic E-state index is 11.6. The molecule has 8 heteroatoms. The molecular weight excluding hydrogens is 266 g/mol. The van der Waals surface area contributed by atoms with Crippen LogP contribution in [-0.2, 0) is 0 Å². The van der Waals surface area contributed by atoms with Gasteiger partial charge >= 0.3 is 5.66 Å². The molecule has 0 bridgehead atoms. The Labute approximate surface area is 113 Å². The second-order valence-corrected chi connectivity index (χ2v) is 7.03. The van der Waals surface area contributed by atoms with E-state index in [2.05, 4.69) is 5.16 Å². The van der Waals surface area contributed by atoms with E-state index >= 15 is 0 Å². The van der Waals surface area contributed by atoms with Crippen LogP contribution in [0, 0.1) is 67.6 Å². The van der Waals surface area contributed by atoms with E-state index in [1.54, 1.807) is 0 Å². The summed E-state index contributed by atoms with van der Waals surface area (Å²) >= 11 is 0. The molecule has 106 valence electrons. The quantitative estimate of drug-likeness (QED) is 0.347. The molecule has 0 saturated heterocycles. The predicted octanol–water partition coefficient (Wildman–Crippen LogP) is 0.844. The van der Waals surface area contributed by atoms with Gasteiger partial charge < -0.3 is 5.21 Å². The van der Waals surface area contributed by atoms with Gasteiger partial charge in [0, 0.05) is 11.8 Å². The molecule has 0 aliphatic heterocycles. The number of oxime groups is 1. The lowest BCUT2D eigenvalue weighted by Crippen LogP contribution is -2.55. The van der Waals surface area contributed by atoms with Crippen LogP contribution in [0.5, 0.6) is 0 Å². The second kappa shape index (κ2) is 2.82. The normalized spacial score (nSPS) is 57.1. The zero-order chi connectivity index (χ0) is 14.0. The van der Waals surface area contributed by atoms with Crippen LogP contribution in [-0.4, -0.2) is 26.4 Å². The van der Waals surface area contributed by atoms with Gasteiger partial charge in [-0.05, 0) is 36.5 Å². The van der Waals surface area contributed by atoms with E-state index in [0.717, 1.165) is 5.71 Å². The highest BCUT2D eigenvalue weighted by Gasteiger charge is 2.91.